The molecule has 0 N–H and O–H groups in total. The summed E-state index contributed by atoms with van der Waals surface area (Å²) < 4.78 is 2.24. The Morgan fingerprint density at radius 2 is 1.03 bits per heavy atom. The molecular weight excluding hydrogens is 771 g/mol. The predicted molar refractivity (Wildman–Crippen MR) is 286 cm³/mol. The van der Waals surface area contributed by atoms with E-state index < -0.39 is 0 Å². The molecule has 0 fully saturated rings. The van der Waals surface area contributed by atoms with Gasteiger partial charge in [0.1, 0.15) is 0 Å². The van der Waals surface area contributed by atoms with Crippen molar-refractivity contribution in [1.29, 1.82) is 0 Å². The Labute approximate surface area is 388 Å². The van der Waals surface area contributed by atoms with Gasteiger partial charge in [-0.05, 0) is 117 Å². The van der Waals surface area contributed by atoms with E-state index >= 15 is 0 Å². The average molecular weight is 846 g/mol. The highest BCUT2D eigenvalue weighted by atomic mass is 14.9. The van der Waals surface area contributed by atoms with E-state index in [0.29, 0.717) is 5.92 Å². The standard InChI is InChI=1S/C21H20.C15H17N.2C9H12.C7H8.C2H6/c1-13-9-10-17-18(11-13)21(3,4)19-12-14(2)15-7-5-6-8-16(15)20(17)19;1-5-6-7-13-12(3)16(4)15-10-11(2)8-9-14(13)15;1-7-4-8(2)6-9(3)5-7;1-8(2)9-6-4-3-5-7-9;1-7-5-3-2-4-6-7;1-2/h5-12H,1-4H3;5-10H,1H2,2-4H3;4-6H,1-3H3;3-8H,1-2H3;2-6H,1H3;1-2H3/b;7-6-;;;;. The van der Waals surface area contributed by atoms with Crippen LogP contribution in [0, 0.1) is 55.4 Å². The first-order valence-electron chi connectivity index (χ1n) is 23.1. The van der Waals surface area contributed by atoms with Gasteiger partial charge in [-0.1, -0.05) is 234 Å². The van der Waals surface area contributed by atoms with Crippen LogP contribution in [-0.4, -0.2) is 4.57 Å². The van der Waals surface area contributed by atoms with Gasteiger partial charge in [0.15, 0.2) is 0 Å². The van der Waals surface area contributed by atoms with Gasteiger partial charge < -0.3 is 4.57 Å². The zero-order chi connectivity index (χ0) is 47.1. The molecule has 332 valence electrons. The zero-order valence-electron chi connectivity index (χ0n) is 41.8. The molecule has 0 saturated heterocycles. The molecule has 7 aromatic carbocycles. The van der Waals surface area contributed by atoms with E-state index in [2.05, 4.69) is 229 Å². The highest BCUT2D eigenvalue weighted by Gasteiger charge is 2.36. The van der Waals surface area contributed by atoms with Crippen molar-refractivity contribution in [2.45, 2.75) is 108 Å². The first kappa shape index (κ1) is 50.5. The summed E-state index contributed by atoms with van der Waals surface area (Å²) in [5.74, 6) is 0.659. The number of benzene rings is 7. The highest BCUT2D eigenvalue weighted by molar-refractivity contribution is 6.03. The minimum atomic E-state index is 0.0888. The number of fused-ring (bicyclic) bond motifs is 6. The number of nitrogens with zero attached hydrogens (tertiary/aromatic N) is 1. The van der Waals surface area contributed by atoms with Crippen molar-refractivity contribution in [3.63, 3.8) is 0 Å². The van der Waals surface area contributed by atoms with E-state index in [-0.39, 0.29) is 5.41 Å². The Balaban J connectivity index is 0.000000185. The third-order valence-corrected chi connectivity index (χ3v) is 11.9. The van der Waals surface area contributed by atoms with Crippen molar-refractivity contribution in [1.82, 2.24) is 4.57 Å². The molecule has 0 spiro atoms. The molecule has 8 aromatic rings. The van der Waals surface area contributed by atoms with Gasteiger partial charge in [0, 0.05) is 34.6 Å². The maximum Gasteiger partial charge on any atom is 0.0488 e. The van der Waals surface area contributed by atoms with E-state index in [1.54, 1.807) is 0 Å². The van der Waals surface area contributed by atoms with Gasteiger partial charge in [0.25, 0.3) is 0 Å². The second-order valence-electron chi connectivity index (χ2n) is 17.9. The predicted octanol–water partition coefficient (Wildman–Crippen LogP) is 18.2. The van der Waals surface area contributed by atoms with Gasteiger partial charge in [-0.2, -0.15) is 0 Å². The van der Waals surface area contributed by atoms with Gasteiger partial charge in [0.2, 0.25) is 0 Å². The van der Waals surface area contributed by atoms with E-state index in [1.165, 1.54) is 99.7 Å². The van der Waals surface area contributed by atoms with Crippen LogP contribution in [0.25, 0.3) is 38.9 Å². The van der Waals surface area contributed by atoms with Crippen molar-refractivity contribution in [3.05, 3.63) is 231 Å². The van der Waals surface area contributed by atoms with Crippen LogP contribution in [-0.2, 0) is 12.5 Å². The quantitative estimate of drug-likeness (QED) is 0.156. The van der Waals surface area contributed by atoms with E-state index in [0.717, 1.165) is 0 Å². The summed E-state index contributed by atoms with van der Waals surface area (Å²) >= 11 is 0. The summed E-state index contributed by atoms with van der Waals surface area (Å²) in [6.45, 7) is 34.0. The van der Waals surface area contributed by atoms with Crippen molar-refractivity contribution in [2.75, 3.05) is 0 Å². The van der Waals surface area contributed by atoms with Crippen LogP contribution >= 0.6 is 0 Å². The lowest BCUT2D eigenvalue weighted by Gasteiger charge is -2.22. The summed E-state index contributed by atoms with van der Waals surface area (Å²) in [4.78, 5) is 0. The van der Waals surface area contributed by atoms with Gasteiger partial charge in [-0.25, -0.2) is 0 Å². The van der Waals surface area contributed by atoms with Crippen LogP contribution in [0.2, 0.25) is 0 Å². The van der Waals surface area contributed by atoms with E-state index in [9.17, 15) is 0 Å². The first-order valence-corrected chi connectivity index (χ1v) is 23.1. The van der Waals surface area contributed by atoms with Gasteiger partial charge in [0.05, 0.1) is 0 Å². The molecule has 1 heteroatoms. The summed E-state index contributed by atoms with van der Waals surface area (Å²) in [5.41, 5.74) is 20.6. The second kappa shape index (κ2) is 23.5. The largest absolute Gasteiger partial charge is 0.347 e. The number of aromatic nitrogens is 1. The van der Waals surface area contributed by atoms with Crippen molar-refractivity contribution in [2.24, 2.45) is 7.05 Å². The summed E-state index contributed by atoms with van der Waals surface area (Å²) in [7, 11) is 2.11. The Kier molecular flexibility index (Phi) is 18.5. The number of hydrogen-bond acceptors (Lipinski definition) is 0. The molecule has 1 aromatic heterocycles. The fraction of sp³-hybridized carbons (Fsp3) is 0.270. The third-order valence-electron chi connectivity index (χ3n) is 11.9. The lowest BCUT2D eigenvalue weighted by atomic mass is 9.81. The lowest BCUT2D eigenvalue weighted by Crippen LogP contribution is -2.15. The van der Waals surface area contributed by atoms with E-state index in [4.69, 9.17) is 0 Å². The van der Waals surface area contributed by atoms with Crippen LogP contribution in [0.15, 0.2) is 164 Å². The SMILES string of the molecule is C=C/C=C\c1c(C)n(C)c2cc(C)ccc12.CC.CC(C)c1ccccc1.Cc1cc(C)cc(C)c1.Cc1ccc2c(c1)C(C)(C)c1cc(C)c3ccccc3c1-2.Cc1ccccc1. The highest BCUT2D eigenvalue weighted by Crippen LogP contribution is 2.52. The third kappa shape index (κ3) is 12.7. The molecule has 0 bridgehead atoms. The van der Waals surface area contributed by atoms with Gasteiger partial charge >= 0.3 is 0 Å². The molecular formula is C63H75N. The van der Waals surface area contributed by atoms with E-state index in [1.807, 2.05) is 50.3 Å². The Morgan fingerprint density at radius 3 is 1.55 bits per heavy atom. The average Bonchev–Trinajstić information content (AvgIpc) is 3.64. The van der Waals surface area contributed by atoms with Crippen LogP contribution in [0.5, 0.6) is 0 Å². The van der Waals surface area contributed by atoms with Crippen LogP contribution in [0.3, 0.4) is 0 Å². The Morgan fingerprint density at radius 1 is 0.516 bits per heavy atom. The normalized spacial score (nSPS) is 11.6. The smallest absolute Gasteiger partial charge is 0.0488 e. The summed E-state index contributed by atoms with van der Waals surface area (Å²) in [6.07, 6.45) is 5.92. The molecule has 64 heavy (non-hydrogen) atoms. The zero-order valence-corrected chi connectivity index (χ0v) is 41.8. The number of aryl methyl sites for hydroxylation is 8. The lowest BCUT2D eigenvalue weighted by molar-refractivity contribution is 0.659. The fourth-order valence-corrected chi connectivity index (χ4v) is 8.53. The van der Waals surface area contributed by atoms with Gasteiger partial charge in [-0.3, -0.25) is 0 Å². The van der Waals surface area contributed by atoms with Crippen LogP contribution in [0.1, 0.15) is 114 Å². The maximum atomic E-state index is 3.71. The van der Waals surface area contributed by atoms with Gasteiger partial charge in [-0.15, -0.1) is 0 Å². The summed E-state index contributed by atoms with van der Waals surface area (Å²) in [5, 5.41) is 4.08. The minimum absolute atomic E-state index is 0.0888. The molecule has 1 aliphatic rings. The van der Waals surface area contributed by atoms with Crippen molar-refractivity contribution >= 4 is 27.8 Å². The molecule has 1 heterocycles. The molecule has 0 unspecified atom stereocenters. The van der Waals surface area contributed by atoms with Crippen LogP contribution in [0.4, 0.5) is 0 Å². The van der Waals surface area contributed by atoms with Crippen LogP contribution < -0.4 is 0 Å². The maximum absolute atomic E-state index is 3.71. The number of allylic oxidation sites excluding steroid dienone is 2. The number of hydrogen-bond donors (Lipinski definition) is 0. The Bertz CT molecular complexity index is 2720. The molecule has 1 aliphatic carbocycles. The Hall–Kier alpha value is -6.18. The molecule has 1 nitrogen and oxygen atoms in total. The minimum Gasteiger partial charge on any atom is -0.347 e. The summed E-state index contributed by atoms with van der Waals surface area (Å²) in [6, 6.07) is 52.0. The fourth-order valence-electron chi connectivity index (χ4n) is 8.53. The molecule has 9 rings (SSSR count). The topological polar surface area (TPSA) is 4.93 Å². The molecule has 0 radical (unpaired) electrons. The second-order valence-corrected chi connectivity index (χ2v) is 17.9. The monoisotopic (exact) mass is 846 g/mol. The first-order chi connectivity index (χ1) is 30.5. The number of rotatable bonds is 3. The molecule has 0 saturated carbocycles. The molecule has 0 aliphatic heterocycles. The van der Waals surface area contributed by atoms with Crippen molar-refractivity contribution in [3.8, 4) is 11.1 Å². The molecule has 0 atom stereocenters. The molecule has 0 amide bonds. The van der Waals surface area contributed by atoms with Crippen molar-refractivity contribution < 1.29 is 0 Å².